The van der Waals surface area contributed by atoms with Crippen molar-refractivity contribution in [1.82, 2.24) is 24.0 Å². The maximum absolute atomic E-state index is 12.4. The number of aromatic nitrogens is 3. The van der Waals surface area contributed by atoms with Crippen molar-refractivity contribution in [2.75, 3.05) is 39.4 Å². The first-order valence-corrected chi connectivity index (χ1v) is 10.7. The van der Waals surface area contributed by atoms with Crippen molar-refractivity contribution >= 4 is 10.0 Å². The van der Waals surface area contributed by atoms with Gasteiger partial charge in [0.2, 0.25) is 10.0 Å². The quantitative estimate of drug-likeness (QED) is 0.744. The molecule has 25 heavy (non-hydrogen) atoms. The Hall–Kier alpha value is -1.03. The second-order valence-corrected chi connectivity index (χ2v) is 9.55. The number of rotatable bonds is 5. The largest absolute Gasteiger partial charge is 0.379 e. The van der Waals surface area contributed by atoms with E-state index in [0.717, 1.165) is 70.2 Å². The molecule has 1 aromatic heterocycles. The molecular formula is C16H27N5O3S. The normalized spacial score (nSPS) is 24.7. The highest BCUT2D eigenvalue weighted by molar-refractivity contribution is 7.90. The molecule has 3 heterocycles. The van der Waals surface area contributed by atoms with Crippen molar-refractivity contribution in [2.24, 2.45) is 7.05 Å². The van der Waals surface area contributed by atoms with E-state index in [1.807, 2.05) is 7.05 Å². The minimum atomic E-state index is -3.05. The van der Waals surface area contributed by atoms with Gasteiger partial charge in [-0.15, -0.1) is 10.2 Å². The number of piperidine rings is 1. The van der Waals surface area contributed by atoms with Gasteiger partial charge in [0.25, 0.3) is 0 Å². The Balaban J connectivity index is 1.38. The fourth-order valence-corrected chi connectivity index (χ4v) is 5.65. The minimum Gasteiger partial charge on any atom is -0.379 e. The average Bonchev–Trinajstić information content (AvgIpc) is 3.43. The standard InChI is InChI=1S/C16H27N5O3S/c1-19-15(12-20-8-10-24-11-9-20)17-18-16(19)13-4-6-21(7-5-13)25(22,23)14-2-3-14/h13-14H,2-12H2,1H3. The van der Waals surface area contributed by atoms with Crippen LogP contribution in [0, 0.1) is 0 Å². The van der Waals surface area contributed by atoms with E-state index in [9.17, 15) is 8.42 Å². The van der Waals surface area contributed by atoms with Crippen molar-refractivity contribution < 1.29 is 13.2 Å². The Morgan fingerprint density at radius 2 is 1.72 bits per heavy atom. The third kappa shape index (κ3) is 3.60. The summed E-state index contributed by atoms with van der Waals surface area (Å²) in [4.78, 5) is 2.34. The molecule has 0 radical (unpaired) electrons. The highest BCUT2D eigenvalue weighted by Gasteiger charge is 2.41. The molecular weight excluding hydrogens is 342 g/mol. The first kappa shape index (κ1) is 17.4. The summed E-state index contributed by atoms with van der Waals surface area (Å²) in [6, 6.07) is 0. The van der Waals surface area contributed by atoms with Gasteiger partial charge in [0, 0.05) is 39.1 Å². The number of nitrogens with zero attached hydrogens (tertiary/aromatic N) is 5. The van der Waals surface area contributed by atoms with Crippen molar-refractivity contribution in [1.29, 1.82) is 0 Å². The summed E-state index contributed by atoms with van der Waals surface area (Å²) in [5.74, 6) is 2.26. The van der Waals surface area contributed by atoms with E-state index in [4.69, 9.17) is 4.74 Å². The Morgan fingerprint density at radius 3 is 2.36 bits per heavy atom. The van der Waals surface area contributed by atoms with Crippen LogP contribution in [0.4, 0.5) is 0 Å². The third-order valence-electron chi connectivity index (χ3n) is 5.59. The second kappa shape index (κ2) is 6.94. The van der Waals surface area contributed by atoms with Gasteiger partial charge in [-0.1, -0.05) is 0 Å². The molecule has 3 aliphatic rings. The maximum atomic E-state index is 12.4. The highest BCUT2D eigenvalue weighted by atomic mass is 32.2. The summed E-state index contributed by atoms with van der Waals surface area (Å²) >= 11 is 0. The molecule has 0 bridgehead atoms. The van der Waals surface area contributed by atoms with Crippen molar-refractivity contribution in [2.45, 2.75) is 43.4 Å². The molecule has 1 aromatic rings. The van der Waals surface area contributed by atoms with Crippen molar-refractivity contribution in [3.05, 3.63) is 11.6 Å². The van der Waals surface area contributed by atoms with Crippen LogP contribution in [0.5, 0.6) is 0 Å². The molecule has 2 saturated heterocycles. The van der Waals surface area contributed by atoms with E-state index in [-0.39, 0.29) is 5.25 Å². The van der Waals surface area contributed by atoms with Gasteiger partial charge in [0.1, 0.15) is 11.6 Å². The van der Waals surface area contributed by atoms with E-state index >= 15 is 0 Å². The second-order valence-electron chi connectivity index (χ2n) is 7.34. The van der Waals surface area contributed by atoms with Crippen LogP contribution in [0.15, 0.2) is 0 Å². The number of sulfonamides is 1. The predicted octanol–water partition coefficient (Wildman–Crippen LogP) is 0.319. The molecule has 0 atom stereocenters. The topological polar surface area (TPSA) is 80.6 Å². The zero-order chi connectivity index (χ0) is 17.4. The lowest BCUT2D eigenvalue weighted by Crippen LogP contribution is -2.40. The SMILES string of the molecule is Cn1c(CN2CCOCC2)nnc1C1CCN(S(=O)(=O)C2CC2)CC1. The molecule has 3 fully saturated rings. The molecule has 0 spiro atoms. The first-order chi connectivity index (χ1) is 12.1. The molecule has 2 aliphatic heterocycles. The van der Waals surface area contributed by atoms with Gasteiger partial charge in [-0.05, 0) is 25.7 Å². The molecule has 9 heteroatoms. The van der Waals surface area contributed by atoms with Crippen LogP contribution in [0.2, 0.25) is 0 Å². The Labute approximate surface area is 149 Å². The van der Waals surface area contributed by atoms with Gasteiger partial charge in [-0.25, -0.2) is 12.7 Å². The van der Waals surface area contributed by atoms with E-state index in [0.29, 0.717) is 19.0 Å². The molecule has 1 aliphatic carbocycles. The third-order valence-corrected chi connectivity index (χ3v) is 7.99. The summed E-state index contributed by atoms with van der Waals surface area (Å²) in [5.41, 5.74) is 0. The van der Waals surface area contributed by atoms with Gasteiger partial charge < -0.3 is 9.30 Å². The first-order valence-electron chi connectivity index (χ1n) is 9.23. The highest BCUT2D eigenvalue weighted by Crippen LogP contribution is 2.35. The van der Waals surface area contributed by atoms with Gasteiger partial charge in [-0.3, -0.25) is 4.90 Å². The smallest absolute Gasteiger partial charge is 0.216 e. The van der Waals surface area contributed by atoms with Crippen LogP contribution < -0.4 is 0 Å². The lowest BCUT2D eigenvalue weighted by molar-refractivity contribution is 0.0326. The maximum Gasteiger partial charge on any atom is 0.216 e. The molecule has 0 amide bonds. The zero-order valence-corrected chi connectivity index (χ0v) is 15.6. The summed E-state index contributed by atoms with van der Waals surface area (Å²) in [6.45, 7) is 5.42. The summed E-state index contributed by atoms with van der Waals surface area (Å²) < 4.78 is 33.9. The van der Waals surface area contributed by atoms with Crippen LogP contribution in [-0.4, -0.2) is 77.0 Å². The van der Waals surface area contributed by atoms with E-state index in [1.54, 1.807) is 4.31 Å². The Morgan fingerprint density at radius 1 is 1.04 bits per heavy atom. The van der Waals surface area contributed by atoms with E-state index in [2.05, 4.69) is 19.7 Å². The summed E-state index contributed by atoms with van der Waals surface area (Å²) in [7, 11) is -1.02. The number of morpholine rings is 1. The fraction of sp³-hybridized carbons (Fsp3) is 0.875. The zero-order valence-electron chi connectivity index (χ0n) is 14.8. The van der Waals surface area contributed by atoms with Gasteiger partial charge in [0.15, 0.2) is 0 Å². The van der Waals surface area contributed by atoms with Crippen molar-refractivity contribution in [3.63, 3.8) is 0 Å². The summed E-state index contributed by atoms with van der Waals surface area (Å²) in [5, 5.41) is 8.70. The predicted molar refractivity (Wildman–Crippen MR) is 92.6 cm³/mol. The molecule has 140 valence electrons. The lowest BCUT2D eigenvalue weighted by Gasteiger charge is -2.31. The van der Waals surface area contributed by atoms with Gasteiger partial charge in [0.05, 0.1) is 25.0 Å². The average molecular weight is 369 g/mol. The van der Waals surface area contributed by atoms with E-state index in [1.165, 1.54) is 0 Å². The van der Waals surface area contributed by atoms with Crippen LogP contribution in [0.3, 0.4) is 0 Å². The van der Waals surface area contributed by atoms with E-state index < -0.39 is 10.0 Å². The minimum absolute atomic E-state index is 0.112. The molecule has 4 rings (SSSR count). The molecule has 1 saturated carbocycles. The summed E-state index contributed by atoms with van der Waals surface area (Å²) in [6.07, 6.45) is 3.32. The number of hydrogen-bond acceptors (Lipinski definition) is 6. The molecule has 0 aromatic carbocycles. The molecule has 8 nitrogen and oxygen atoms in total. The lowest BCUT2D eigenvalue weighted by atomic mass is 9.97. The monoisotopic (exact) mass is 369 g/mol. The Kier molecular flexibility index (Phi) is 4.83. The van der Waals surface area contributed by atoms with Crippen LogP contribution in [0.1, 0.15) is 43.3 Å². The van der Waals surface area contributed by atoms with Gasteiger partial charge >= 0.3 is 0 Å². The van der Waals surface area contributed by atoms with Crippen LogP contribution in [0.25, 0.3) is 0 Å². The fourth-order valence-electron chi connectivity index (χ4n) is 3.77. The van der Waals surface area contributed by atoms with Crippen LogP contribution >= 0.6 is 0 Å². The molecule has 0 N–H and O–H groups in total. The Bertz CT molecular complexity index is 701. The van der Waals surface area contributed by atoms with Crippen LogP contribution in [-0.2, 0) is 28.4 Å². The number of hydrogen-bond donors (Lipinski definition) is 0. The number of ether oxygens (including phenoxy) is 1. The molecule has 0 unspecified atom stereocenters. The van der Waals surface area contributed by atoms with Crippen molar-refractivity contribution in [3.8, 4) is 0 Å². The van der Waals surface area contributed by atoms with Gasteiger partial charge in [-0.2, -0.15) is 0 Å².